The van der Waals surface area contributed by atoms with Crippen LogP contribution < -0.4 is 10.6 Å². The molecule has 1 heterocycles. The molecule has 2 N–H and O–H groups in total. The first-order chi connectivity index (χ1) is 8.26. The van der Waals surface area contributed by atoms with Crippen LogP contribution in [0.4, 0.5) is 0 Å². The summed E-state index contributed by atoms with van der Waals surface area (Å²) in [7, 11) is 0. The van der Waals surface area contributed by atoms with Crippen molar-refractivity contribution in [1.29, 1.82) is 0 Å². The first-order valence-electron chi connectivity index (χ1n) is 6.50. The van der Waals surface area contributed by atoms with E-state index in [1.165, 1.54) is 0 Å². The Morgan fingerprint density at radius 3 is 2.82 bits per heavy atom. The van der Waals surface area contributed by atoms with Gasteiger partial charge in [0.15, 0.2) is 0 Å². The van der Waals surface area contributed by atoms with Crippen molar-refractivity contribution < 1.29 is 9.53 Å². The molecule has 1 amide bonds. The van der Waals surface area contributed by atoms with E-state index < -0.39 is 0 Å². The third-order valence-corrected chi connectivity index (χ3v) is 2.94. The molecule has 4 nitrogen and oxygen atoms in total. The van der Waals surface area contributed by atoms with Gasteiger partial charge in [-0.1, -0.05) is 19.1 Å². The lowest BCUT2D eigenvalue weighted by Crippen LogP contribution is -2.44. The summed E-state index contributed by atoms with van der Waals surface area (Å²) in [6, 6.07) is 0.314. The predicted octanol–water partition coefficient (Wildman–Crippen LogP) is 1.23. The van der Waals surface area contributed by atoms with Crippen LogP contribution in [0, 0.1) is 0 Å². The molecule has 0 aliphatic carbocycles. The SMILES string of the molecule is CC=CC(CC)OCC(=O)NC1CCNCC1. The zero-order chi connectivity index (χ0) is 12.5. The molecule has 17 heavy (non-hydrogen) atoms. The van der Waals surface area contributed by atoms with Gasteiger partial charge in [-0.15, -0.1) is 0 Å². The highest BCUT2D eigenvalue weighted by Crippen LogP contribution is 2.03. The van der Waals surface area contributed by atoms with Crippen molar-refractivity contribution in [2.24, 2.45) is 0 Å². The standard InChI is InChI=1S/C13H24N2O2/c1-3-5-12(4-2)17-10-13(16)15-11-6-8-14-9-7-11/h3,5,11-12,14H,4,6-10H2,1-2H3,(H,15,16). The number of hydrogen-bond donors (Lipinski definition) is 2. The van der Waals surface area contributed by atoms with E-state index in [9.17, 15) is 4.79 Å². The number of rotatable bonds is 6. The third kappa shape index (κ3) is 5.84. The molecule has 0 radical (unpaired) electrons. The highest BCUT2D eigenvalue weighted by molar-refractivity contribution is 5.77. The second kappa shape index (κ2) is 8.25. The Hall–Kier alpha value is -0.870. The smallest absolute Gasteiger partial charge is 0.246 e. The average Bonchev–Trinajstić information content (AvgIpc) is 2.35. The lowest BCUT2D eigenvalue weighted by Gasteiger charge is -2.24. The number of amides is 1. The number of allylic oxidation sites excluding steroid dienone is 1. The topological polar surface area (TPSA) is 50.4 Å². The maximum atomic E-state index is 11.7. The molecule has 0 spiro atoms. The molecule has 1 rings (SSSR count). The van der Waals surface area contributed by atoms with Gasteiger partial charge in [0, 0.05) is 6.04 Å². The van der Waals surface area contributed by atoms with E-state index >= 15 is 0 Å². The Morgan fingerprint density at radius 1 is 1.53 bits per heavy atom. The number of carbonyl (C=O) groups is 1. The van der Waals surface area contributed by atoms with E-state index in [1.807, 2.05) is 19.1 Å². The first-order valence-corrected chi connectivity index (χ1v) is 6.50. The molecule has 0 saturated carbocycles. The zero-order valence-corrected chi connectivity index (χ0v) is 10.9. The number of piperidine rings is 1. The quantitative estimate of drug-likeness (QED) is 0.687. The van der Waals surface area contributed by atoms with Crippen LogP contribution in [0.3, 0.4) is 0 Å². The minimum atomic E-state index is -0.000136. The molecular formula is C13H24N2O2. The predicted molar refractivity (Wildman–Crippen MR) is 68.9 cm³/mol. The van der Waals surface area contributed by atoms with Crippen molar-refractivity contribution in [3.63, 3.8) is 0 Å². The molecule has 0 aromatic carbocycles. The van der Waals surface area contributed by atoms with Crippen LogP contribution in [0.2, 0.25) is 0 Å². The van der Waals surface area contributed by atoms with Crippen LogP contribution in [0.25, 0.3) is 0 Å². The Morgan fingerprint density at radius 2 is 2.24 bits per heavy atom. The summed E-state index contributed by atoms with van der Waals surface area (Å²) in [4.78, 5) is 11.7. The van der Waals surface area contributed by atoms with E-state index in [4.69, 9.17) is 4.74 Å². The van der Waals surface area contributed by atoms with Crippen LogP contribution >= 0.6 is 0 Å². The van der Waals surface area contributed by atoms with Crippen molar-refractivity contribution >= 4 is 5.91 Å². The highest BCUT2D eigenvalue weighted by atomic mass is 16.5. The number of ether oxygens (including phenoxy) is 1. The summed E-state index contributed by atoms with van der Waals surface area (Å²) in [5.41, 5.74) is 0. The molecule has 1 aliphatic heterocycles. The first kappa shape index (κ1) is 14.2. The maximum absolute atomic E-state index is 11.7. The van der Waals surface area contributed by atoms with Gasteiger partial charge in [-0.05, 0) is 39.3 Å². The van der Waals surface area contributed by atoms with Crippen molar-refractivity contribution in [2.45, 2.75) is 45.3 Å². The van der Waals surface area contributed by atoms with Crippen molar-refractivity contribution in [2.75, 3.05) is 19.7 Å². The second-order valence-corrected chi connectivity index (χ2v) is 4.38. The fourth-order valence-electron chi connectivity index (χ4n) is 1.94. The summed E-state index contributed by atoms with van der Waals surface area (Å²) in [6.07, 6.45) is 6.91. The van der Waals surface area contributed by atoms with Crippen molar-refractivity contribution in [3.8, 4) is 0 Å². The largest absolute Gasteiger partial charge is 0.364 e. The van der Waals surface area contributed by atoms with Gasteiger partial charge >= 0.3 is 0 Å². The van der Waals surface area contributed by atoms with E-state index in [0.29, 0.717) is 6.04 Å². The lowest BCUT2D eigenvalue weighted by atomic mass is 10.1. The summed E-state index contributed by atoms with van der Waals surface area (Å²) < 4.78 is 5.52. The van der Waals surface area contributed by atoms with Gasteiger partial charge in [-0.25, -0.2) is 0 Å². The van der Waals surface area contributed by atoms with Crippen LogP contribution in [0.15, 0.2) is 12.2 Å². The van der Waals surface area contributed by atoms with Crippen molar-refractivity contribution in [1.82, 2.24) is 10.6 Å². The van der Waals surface area contributed by atoms with E-state index in [2.05, 4.69) is 17.6 Å². The molecule has 0 aromatic heterocycles. The molecule has 1 aliphatic rings. The lowest BCUT2D eigenvalue weighted by molar-refractivity contribution is -0.127. The van der Waals surface area contributed by atoms with Gasteiger partial charge in [0.1, 0.15) is 6.61 Å². The van der Waals surface area contributed by atoms with Gasteiger partial charge in [0.05, 0.1) is 6.10 Å². The average molecular weight is 240 g/mol. The van der Waals surface area contributed by atoms with Crippen molar-refractivity contribution in [3.05, 3.63) is 12.2 Å². The molecule has 1 unspecified atom stereocenters. The highest BCUT2D eigenvalue weighted by Gasteiger charge is 2.15. The fraction of sp³-hybridized carbons (Fsp3) is 0.769. The minimum absolute atomic E-state index is 0.000136. The maximum Gasteiger partial charge on any atom is 0.246 e. The minimum Gasteiger partial charge on any atom is -0.364 e. The monoisotopic (exact) mass is 240 g/mol. The summed E-state index contributed by atoms with van der Waals surface area (Å²) in [5.74, 6) is -0.000136. The Bertz CT molecular complexity index is 248. The van der Waals surface area contributed by atoms with Gasteiger partial charge in [-0.2, -0.15) is 0 Å². The van der Waals surface area contributed by atoms with Gasteiger partial charge in [0.25, 0.3) is 0 Å². The summed E-state index contributed by atoms with van der Waals surface area (Å²) in [5, 5.41) is 6.28. The molecule has 1 atom stereocenters. The summed E-state index contributed by atoms with van der Waals surface area (Å²) >= 11 is 0. The molecule has 98 valence electrons. The third-order valence-electron chi connectivity index (χ3n) is 2.94. The Labute approximate surface area is 104 Å². The normalized spacial score (nSPS) is 19.4. The van der Waals surface area contributed by atoms with Gasteiger partial charge in [-0.3, -0.25) is 4.79 Å². The van der Waals surface area contributed by atoms with Gasteiger partial charge in [0.2, 0.25) is 5.91 Å². The second-order valence-electron chi connectivity index (χ2n) is 4.38. The van der Waals surface area contributed by atoms with E-state index in [1.54, 1.807) is 0 Å². The number of carbonyl (C=O) groups excluding carboxylic acids is 1. The van der Waals surface area contributed by atoms with E-state index in [-0.39, 0.29) is 18.6 Å². The Balaban J connectivity index is 2.19. The molecule has 4 heteroatoms. The summed E-state index contributed by atoms with van der Waals surface area (Å²) in [6.45, 7) is 6.15. The van der Waals surface area contributed by atoms with Crippen LogP contribution in [-0.4, -0.2) is 37.7 Å². The number of nitrogens with one attached hydrogen (secondary N) is 2. The zero-order valence-electron chi connectivity index (χ0n) is 10.9. The fourth-order valence-corrected chi connectivity index (χ4v) is 1.94. The molecule has 0 bridgehead atoms. The molecule has 1 fully saturated rings. The van der Waals surface area contributed by atoms with Gasteiger partial charge < -0.3 is 15.4 Å². The van der Waals surface area contributed by atoms with Crippen LogP contribution in [0.5, 0.6) is 0 Å². The number of hydrogen-bond acceptors (Lipinski definition) is 3. The van der Waals surface area contributed by atoms with Crippen LogP contribution in [-0.2, 0) is 9.53 Å². The Kier molecular flexibility index (Phi) is 6.89. The molecule has 0 aromatic rings. The molecular weight excluding hydrogens is 216 g/mol. The van der Waals surface area contributed by atoms with E-state index in [0.717, 1.165) is 32.4 Å². The molecule has 1 saturated heterocycles. The van der Waals surface area contributed by atoms with Crippen LogP contribution in [0.1, 0.15) is 33.1 Å².